The van der Waals surface area contributed by atoms with Crippen LogP contribution < -0.4 is 5.32 Å². The lowest BCUT2D eigenvalue weighted by molar-refractivity contribution is -0.129. The summed E-state index contributed by atoms with van der Waals surface area (Å²) in [6, 6.07) is 17.5. The molecule has 0 spiro atoms. The van der Waals surface area contributed by atoms with Crippen LogP contribution >= 0.6 is 11.8 Å². The molecule has 34 heavy (non-hydrogen) atoms. The molecule has 3 aromatic rings. The second-order valence-corrected chi connectivity index (χ2v) is 11.5. The Labute approximate surface area is 203 Å². The van der Waals surface area contributed by atoms with E-state index in [0.717, 1.165) is 35.1 Å². The van der Waals surface area contributed by atoms with Gasteiger partial charge in [-0.3, -0.25) is 4.79 Å². The maximum atomic E-state index is 12.8. The van der Waals surface area contributed by atoms with Crippen LogP contribution in [0.15, 0.2) is 59.8 Å². The van der Waals surface area contributed by atoms with Gasteiger partial charge in [0.2, 0.25) is 15.9 Å². The highest BCUT2D eigenvalue weighted by Crippen LogP contribution is 2.30. The van der Waals surface area contributed by atoms with Crippen LogP contribution in [0.1, 0.15) is 18.4 Å². The summed E-state index contributed by atoms with van der Waals surface area (Å²) in [4.78, 5) is 23.8. The third-order valence-electron chi connectivity index (χ3n) is 6.00. The number of sulfonamides is 1. The van der Waals surface area contributed by atoms with Crippen molar-refractivity contribution in [3.8, 4) is 0 Å². The minimum atomic E-state index is -3.41. The number of aromatic nitrogens is 2. The third kappa shape index (κ3) is 5.51. The van der Waals surface area contributed by atoms with Crippen LogP contribution in [0.4, 0.5) is 5.82 Å². The zero-order valence-electron chi connectivity index (χ0n) is 18.8. The summed E-state index contributed by atoms with van der Waals surface area (Å²) in [7, 11) is -3.41. The Kier molecular flexibility index (Phi) is 6.71. The number of amides is 1. The number of carbonyl (C=O) groups is 1. The van der Waals surface area contributed by atoms with Gasteiger partial charge in [0.25, 0.3) is 0 Å². The molecule has 5 rings (SSSR count). The van der Waals surface area contributed by atoms with E-state index in [9.17, 15) is 13.2 Å². The van der Waals surface area contributed by atoms with E-state index in [1.807, 2.05) is 54.6 Å². The molecule has 10 heteroatoms. The first-order chi connectivity index (χ1) is 16.5. The fourth-order valence-corrected chi connectivity index (χ4v) is 6.23. The van der Waals surface area contributed by atoms with Crippen molar-refractivity contribution >= 4 is 44.4 Å². The van der Waals surface area contributed by atoms with Crippen LogP contribution in [0, 0.1) is 0 Å². The summed E-state index contributed by atoms with van der Waals surface area (Å²) >= 11 is 1.32. The van der Waals surface area contributed by atoms with E-state index in [0.29, 0.717) is 37.4 Å². The number of rotatable bonds is 8. The van der Waals surface area contributed by atoms with Gasteiger partial charge in [0.05, 0.1) is 17.0 Å². The van der Waals surface area contributed by atoms with Crippen LogP contribution in [0.3, 0.4) is 0 Å². The first kappa shape index (κ1) is 23.1. The van der Waals surface area contributed by atoms with Crippen molar-refractivity contribution in [1.29, 1.82) is 0 Å². The van der Waals surface area contributed by atoms with Crippen LogP contribution in [-0.2, 0) is 20.6 Å². The van der Waals surface area contributed by atoms with E-state index in [1.54, 1.807) is 4.90 Å². The summed E-state index contributed by atoms with van der Waals surface area (Å²) in [5.74, 6) is 0.991. The molecule has 1 aromatic heterocycles. The standard InChI is InChI=1S/C24H27N5O3S2/c30-22(28-12-14-29(15-13-28)34(31,32)17-18-6-2-1-3-7-18)16-33-24-26-21-9-5-4-8-20(21)23(27-24)25-19-10-11-19/h1-9,19H,10-17H2,(H,25,26,27). The number of nitrogens with zero attached hydrogens (tertiary/aromatic N) is 4. The molecule has 1 aliphatic carbocycles. The number of hydrogen-bond acceptors (Lipinski definition) is 7. The number of thioether (sulfide) groups is 1. The lowest BCUT2D eigenvalue weighted by Crippen LogP contribution is -2.51. The number of anilines is 1. The van der Waals surface area contributed by atoms with Crippen molar-refractivity contribution < 1.29 is 13.2 Å². The molecule has 8 nitrogen and oxygen atoms in total. The van der Waals surface area contributed by atoms with Crippen molar-refractivity contribution in [2.75, 3.05) is 37.2 Å². The molecular weight excluding hydrogens is 470 g/mol. The second kappa shape index (κ2) is 9.89. The minimum Gasteiger partial charge on any atom is -0.367 e. The molecule has 0 unspecified atom stereocenters. The lowest BCUT2D eigenvalue weighted by Gasteiger charge is -2.34. The van der Waals surface area contributed by atoms with Crippen molar-refractivity contribution in [2.45, 2.75) is 29.8 Å². The largest absolute Gasteiger partial charge is 0.367 e. The highest BCUT2D eigenvalue weighted by Gasteiger charge is 2.29. The Bertz CT molecular complexity index is 1270. The number of hydrogen-bond donors (Lipinski definition) is 1. The molecule has 2 aromatic carbocycles. The molecular formula is C24H27N5O3S2. The number of piperazine rings is 1. The average Bonchev–Trinajstić information content (AvgIpc) is 3.67. The van der Waals surface area contributed by atoms with Gasteiger partial charge in [0.1, 0.15) is 5.82 Å². The zero-order valence-corrected chi connectivity index (χ0v) is 20.4. The molecule has 2 fully saturated rings. The van der Waals surface area contributed by atoms with Crippen molar-refractivity contribution in [2.24, 2.45) is 0 Å². The molecule has 2 heterocycles. The van der Waals surface area contributed by atoms with Gasteiger partial charge in [-0.15, -0.1) is 0 Å². The highest BCUT2D eigenvalue weighted by atomic mass is 32.2. The van der Waals surface area contributed by atoms with E-state index in [-0.39, 0.29) is 17.4 Å². The minimum absolute atomic E-state index is 0.0197. The van der Waals surface area contributed by atoms with Gasteiger partial charge in [0, 0.05) is 37.6 Å². The molecule has 0 bridgehead atoms. The van der Waals surface area contributed by atoms with Crippen LogP contribution in [0.25, 0.3) is 10.9 Å². The Balaban J connectivity index is 1.17. The van der Waals surface area contributed by atoms with Gasteiger partial charge in [-0.25, -0.2) is 18.4 Å². The van der Waals surface area contributed by atoms with Crippen LogP contribution in [0.2, 0.25) is 0 Å². The second-order valence-electron chi connectivity index (χ2n) is 8.60. The van der Waals surface area contributed by atoms with E-state index in [1.165, 1.54) is 16.1 Å². The van der Waals surface area contributed by atoms with Crippen molar-refractivity contribution in [1.82, 2.24) is 19.2 Å². The molecule has 1 aliphatic heterocycles. The van der Waals surface area contributed by atoms with Crippen molar-refractivity contribution in [3.05, 3.63) is 60.2 Å². The Morgan fingerprint density at radius 1 is 0.971 bits per heavy atom. The van der Waals surface area contributed by atoms with E-state index >= 15 is 0 Å². The first-order valence-corrected chi connectivity index (χ1v) is 14.0. The molecule has 0 radical (unpaired) electrons. The Morgan fingerprint density at radius 3 is 2.41 bits per heavy atom. The van der Waals surface area contributed by atoms with E-state index < -0.39 is 10.0 Å². The van der Waals surface area contributed by atoms with Gasteiger partial charge in [-0.2, -0.15) is 4.31 Å². The van der Waals surface area contributed by atoms with Crippen molar-refractivity contribution in [3.63, 3.8) is 0 Å². The van der Waals surface area contributed by atoms with Gasteiger partial charge < -0.3 is 10.2 Å². The third-order valence-corrected chi connectivity index (χ3v) is 8.68. The lowest BCUT2D eigenvalue weighted by atomic mass is 10.2. The number of nitrogens with one attached hydrogen (secondary N) is 1. The maximum absolute atomic E-state index is 12.8. The van der Waals surface area contributed by atoms with Gasteiger partial charge >= 0.3 is 0 Å². The maximum Gasteiger partial charge on any atom is 0.233 e. The van der Waals surface area contributed by atoms with Gasteiger partial charge in [-0.05, 0) is 30.5 Å². The van der Waals surface area contributed by atoms with Crippen LogP contribution in [0.5, 0.6) is 0 Å². The topological polar surface area (TPSA) is 95.5 Å². The fraction of sp³-hybridized carbons (Fsp3) is 0.375. The summed E-state index contributed by atoms with van der Waals surface area (Å²) in [5.41, 5.74) is 1.62. The summed E-state index contributed by atoms with van der Waals surface area (Å²) < 4.78 is 27.0. The first-order valence-electron chi connectivity index (χ1n) is 11.4. The molecule has 2 aliphatic rings. The normalized spacial score (nSPS) is 17.1. The van der Waals surface area contributed by atoms with Crippen LogP contribution in [-0.4, -0.2) is 71.5 Å². The van der Waals surface area contributed by atoms with E-state index in [4.69, 9.17) is 0 Å². The molecule has 1 saturated heterocycles. The van der Waals surface area contributed by atoms with Gasteiger partial charge in [0.15, 0.2) is 5.16 Å². The van der Waals surface area contributed by atoms with E-state index in [2.05, 4.69) is 15.3 Å². The monoisotopic (exact) mass is 497 g/mol. The number of carbonyl (C=O) groups excluding carboxylic acids is 1. The average molecular weight is 498 g/mol. The molecule has 0 atom stereocenters. The van der Waals surface area contributed by atoms with Gasteiger partial charge in [-0.1, -0.05) is 54.2 Å². The summed E-state index contributed by atoms with van der Waals surface area (Å²) in [5, 5.41) is 5.02. The Hall–Kier alpha value is -2.69. The predicted octanol–water partition coefficient (Wildman–Crippen LogP) is 2.97. The predicted molar refractivity (Wildman–Crippen MR) is 134 cm³/mol. The highest BCUT2D eigenvalue weighted by molar-refractivity contribution is 7.99. The number of benzene rings is 2. The molecule has 1 amide bonds. The SMILES string of the molecule is O=C(CSc1nc(NC2CC2)c2ccccc2n1)N1CCN(S(=O)(=O)Cc2ccccc2)CC1. The Morgan fingerprint density at radius 2 is 1.68 bits per heavy atom. The smallest absolute Gasteiger partial charge is 0.233 e. The molecule has 178 valence electrons. The summed E-state index contributed by atoms with van der Waals surface area (Å²) in [6.45, 7) is 1.40. The number of fused-ring (bicyclic) bond motifs is 1. The fourth-order valence-electron chi connectivity index (χ4n) is 3.96. The molecule has 1 saturated carbocycles. The summed E-state index contributed by atoms with van der Waals surface area (Å²) in [6.07, 6.45) is 2.29. The zero-order chi connectivity index (χ0) is 23.5. The quantitative estimate of drug-likeness (QED) is 0.378. The number of para-hydroxylation sites is 1. The molecule has 1 N–H and O–H groups in total.